The maximum Gasteiger partial charge on any atom is 0.123 e. The summed E-state index contributed by atoms with van der Waals surface area (Å²) < 4.78 is 13.2. The lowest BCUT2D eigenvalue weighted by Gasteiger charge is -2.15. The molecule has 2 aromatic rings. The minimum Gasteiger partial charge on any atom is -0.312 e. The van der Waals surface area contributed by atoms with Crippen molar-refractivity contribution in [2.45, 2.75) is 19.4 Å². The summed E-state index contributed by atoms with van der Waals surface area (Å²) in [6.07, 6.45) is 0.688. The summed E-state index contributed by atoms with van der Waals surface area (Å²) in [4.78, 5) is 2.52. The van der Waals surface area contributed by atoms with Gasteiger partial charge in [0.25, 0.3) is 0 Å². The zero-order valence-corrected chi connectivity index (χ0v) is 11.9. The summed E-state index contributed by atoms with van der Waals surface area (Å²) >= 11 is 7.85. The van der Waals surface area contributed by atoms with Crippen molar-refractivity contribution in [1.82, 2.24) is 5.32 Å². The average molecular weight is 284 g/mol. The third-order valence-corrected chi connectivity index (χ3v) is 4.37. The molecule has 0 aliphatic carbocycles. The van der Waals surface area contributed by atoms with Crippen LogP contribution in [0.3, 0.4) is 0 Å². The fourth-order valence-corrected chi connectivity index (χ4v) is 3.09. The van der Waals surface area contributed by atoms with E-state index in [0.29, 0.717) is 11.4 Å². The second kappa shape index (κ2) is 5.83. The summed E-state index contributed by atoms with van der Waals surface area (Å²) in [5, 5.41) is 3.87. The molecule has 0 bridgehead atoms. The van der Waals surface area contributed by atoms with Crippen LogP contribution in [0.1, 0.15) is 21.4 Å². The molecule has 0 spiro atoms. The van der Waals surface area contributed by atoms with Crippen molar-refractivity contribution in [3.63, 3.8) is 0 Å². The second-order valence-electron chi connectivity index (χ2n) is 4.23. The quantitative estimate of drug-likeness (QED) is 0.879. The average Bonchev–Trinajstić information content (AvgIpc) is 2.77. The lowest BCUT2D eigenvalue weighted by Crippen LogP contribution is -2.17. The Morgan fingerprint density at radius 3 is 2.72 bits per heavy atom. The number of aryl methyl sites for hydroxylation is 1. The first-order valence-electron chi connectivity index (χ1n) is 5.77. The van der Waals surface area contributed by atoms with E-state index in [-0.39, 0.29) is 11.9 Å². The van der Waals surface area contributed by atoms with Gasteiger partial charge in [0.2, 0.25) is 0 Å². The Balaban J connectivity index is 2.22. The first-order valence-corrected chi connectivity index (χ1v) is 6.97. The van der Waals surface area contributed by atoms with Gasteiger partial charge in [-0.1, -0.05) is 11.6 Å². The highest BCUT2D eigenvalue weighted by molar-refractivity contribution is 7.12. The van der Waals surface area contributed by atoms with Crippen LogP contribution in [0.2, 0.25) is 5.02 Å². The molecule has 1 atom stereocenters. The number of hydrogen-bond donors (Lipinski definition) is 1. The summed E-state index contributed by atoms with van der Waals surface area (Å²) in [5.74, 6) is -0.244. The maximum atomic E-state index is 13.2. The van der Waals surface area contributed by atoms with E-state index < -0.39 is 0 Å². The predicted molar refractivity (Wildman–Crippen MR) is 76.0 cm³/mol. The Bertz CT molecular complexity index is 538. The van der Waals surface area contributed by atoms with Crippen molar-refractivity contribution in [3.05, 3.63) is 56.5 Å². The SMILES string of the molecule is CNC(Cc1cc(F)ccc1Cl)c1ccc(C)s1. The molecule has 0 aliphatic heterocycles. The van der Waals surface area contributed by atoms with Gasteiger partial charge in [-0.25, -0.2) is 4.39 Å². The third kappa shape index (κ3) is 3.10. The van der Waals surface area contributed by atoms with Crippen LogP contribution in [-0.4, -0.2) is 7.05 Å². The van der Waals surface area contributed by atoms with Crippen LogP contribution in [0.15, 0.2) is 30.3 Å². The van der Waals surface area contributed by atoms with E-state index in [0.717, 1.165) is 5.56 Å². The fourth-order valence-electron chi connectivity index (χ4n) is 1.91. The first kappa shape index (κ1) is 13.5. The van der Waals surface area contributed by atoms with Crippen LogP contribution < -0.4 is 5.32 Å². The summed E-state index contributed by atoms with van der Waals surface area (Å²) in [6, 6.07) is 8.87. The second-order valence-corrected chi connectivity index (χ2v) is 5.96. The Morgan fingerprint density at radius 2 is 2.11 bits per heavy atom. The van der Waals surface area contributed by atoms with E-state index in [2.05, 4.69) is 24.4 Å². The molecule has 0 amide bonds. The highest BCUT2D eigenvalue weighted by Crippen LogP contribution is 2.28. The lowest BCUT2D eigenvalue weighted by molar-refractivity contribution is 0.592. The minimum atomic E-state index is -0.244. The number of nitrogens with one attached hydrogen (secondary N) is 1. The highest BCUT2D eigenvalue weighted by atomic mass is 35.5. The van der Waals surface area contributed by atoms with Crippen molar-refractivity contribution in [2.24, 2.45) is 0 Å². The zero-order chi connectivity index (χ0) is 13.1. The summed E-state index contributed by atoms with van der Waals surface area (Å²) in [5.41, 5.74) is 0.835. The van der Waals surface area contributed by atoms with Crippen molar-refractivity contribution in [1.29, 1.82) is 0 Å². The molecule has 96 valence electrons. The van der Waals surface area contributed by atoms with E-state index >= 15 is 0 Å². The molecule has 0 saturated heterocycles. The van der Waals surface area contributed by atoms with Gasteiger partial charge in [0.1, 0.15) is 5.82 Å². The Hall–Kier alpha value is -0.900. The molecule has 0 radical (unpaired) electrons. The van der Waals surface area contributed by atoms with Gasteiger partial charge in [-0.2, -0.15) is 0 Å². The van der Waals surface area contributed by atoms with Crippen molar-refractivity contribution >= 4 is 22.9 Å². The molecule has 1 N–H and O–H groups in total. The molecule has 1 unspecified atom stereocenters. The lowest BCUT2D eigenvalue weighted by atomic mass is 10.0. The molecular formula is C14H15ClFNS. The van der Waals surface area contributed by atoms with Crippen molar-refractivity contribution in [2.75, 3.05) is 7.05 Å². The number of halogens is 2. The van der Waals surface area contributed by atoms with Crippen LogP contribution in [0.4, 0.5) is 4.39 Å². The van der Waals surface area contributed by atoms with Gasteiger partial charge in [-0.05, 0) is 56.3 Å². The van der Waals surface area contributed by atoms with Gasteiger partial charge in [-0.3, -0.25) is 0 Å². The zero-order valence-electron chi connectivity index (χ0n) is 10.3. The van der Waals surface area contributed by atoms with Crippen LogP contribution in [0.5, 0.6) is 0 Å². The number of hydrogen-bond acceptors (Lipinski definition) is 2. The number of benzene rings is 1. The molecule has 0 fully saturated rings. The molecule has 1 heterocycles. The minimum absolute atomic E-state index is 0.169. The van der Waals surface area contributed by atoms with E-state index in [1.54, 1.807) is 17.4 Å². The molecule has 1 nitrogen and oxygen atoms in total. The van der Waals surface area contributed by atoms with Gasteiger partial charge < -0.3 is 5.32 Å². The molecule has 2 rings (SSSR count). The number of likely N-dealkylation sites (N-methyl/N-ethyl adjacent to an activating group) is 1. The van der Waals surface area contributed by atoms with Crippen LogP contribution in [0, 0.1) is 12.7 Å². The highest BCUT2D eigenvalue weighted by Gasteiger charge is 2.14. The molecule has 0 aliphatic rings. The smallest absolute Gasteiger partial charge is 0.123 e. The largest absolute Gasteiger partial charge is 0.312 e. The Labute approximate surface area is 116 Å². The molecular weight excluding hydrogens is 269 g/mol. The standard InChI is InChI=1S/C14H15ClFNS/c1-9-3-6-14(18-9)13(17-2)8-10-7-11(16)4-5-12(10)15/h3-7,13,17H,8H2,1-2H3. The van der Waals surface area contributed by atoms with Crippen molar-refractivity contribution < 1.29 is 4.39 Å². The van der Waals surface area contributed by atoms with Gasteiger partial charge in [-0.15, -0.1) is 11.3 Å². The van der Waals surface area contributed by atoms with E-state index in [4.69, 9.17) is 11.6 Å². The Kier molecular flexibility index (Phi) is 4.38. The van der Waals surface area contributed by atoms with Gasteiger partial charge in [0, 0.05) is 20.8 Å². The fraction of sp³-hybridized carbons (Fsp3) is 0.286. The molecule has 4 heteroatoms. The normalized spacial score (nSPS) is 12.7. The van der Waals surface area contributed by atoms with Gasteiger partial charge in [0.15, 0.2) is 0 Å². The van der Waals surface area contributed by atoms with E-state index in [1.807, 2.05) is 7.05 Å². The van der Waals surface area contributed by atoms with Crippen LogP contribution in [0.25, 0.3) is 0 Å². The molecule has 1 aromatic heterocycles. The number of thiophene rings is 1. The molecule has 1 aromatic carbocycles. The predicted octanol–water partition coefficient (Wildman–Crippen LogP) is 4.35. The molecule has 0 saturated carbocycles. The van der Waals surface area contributed by atoms with Crippen LogP contribution in [-0.2, 0) is 6.42 Å². The summed E-state index contributed by atoms with van der Waals surface area (Å²) in [6.45, 7) is 2.08. The topological polar surface area (TPSA) is 12.0 Å². The first-order chi connectivity index (χ1) is 8.60. The monoisotopic (exact) mass is 283 g/mol. The van der Waals surface area contributed by atoms with Crippen LogP contribution >= 0.6 is 22.9 Å². The van der Waals surface area contributed by atoms with Crippen molar-refractivity contribution in [3.8, 4) is 0 Å². The molecule has 18 heavy (non-hydrogen) atoms. The third-order valence-electron chi connectivity index (χ3n) is 2.88. The number of rotatable bonds is 4. The van der Waals surface area contributed by atoms with Gasteiger partial charge in [0.05, 0.1) is 0 Å². The Morgan fingerprint density at radius 1 is 1.33 bits per heavy atom. The van der Waals surface area contributed by atoms with E-state index in [1.165, 1.54) is 21.9 Å². The van der Waals surface area contributed by atoms with Gasteiger partial charge >= 0.3 is 0 Å². The maximum absolute atomic E-state index is 13.2. The van der Waals surface area contributed by atoms with E-state index in [9.17, 15) is 4.39 Å². The summed E-state index contributed by atoms with van der Waals surface area (Å²) in [7, 11) is 1.91.